The van der Waals surface area contributed by atoms with Gasteiger partial charge in [-0.1, -0.05) is 25.7 Å². The molecule has 0 aromatic carbocycles. The number of piperazine rings is 1. The molecule has 3 aliphatic carbocycles. The van der Waals surface area contributed by atoms with Gasteiger partial charge in [0.2, 0.25) is 0 Å². The molecule has 0 aromatic heterocycles. The number of nitrogens with two attached hydrogens (primary N) is 2. The molecule has 0 aromatic rings. The zero-order valence-electron chi connectivity index (χ0n) is 25.8. The van der Waals surface area contributed by atoms with Gasteiger partial charge in [-0.05, 0) is 51.1 Å². The van der Waals surface area contributed by atoms with Crippen LogP contribution in [0.5, 0.6) is 0 Å². The van der Waals surface area contributed by atoms with Gasteiger partial charge in [-0.15, -0.1) is 0 Å². The number of likely N-dealkylation sites (N-methyl/N-ethyl adjacent to an activating group) is 1. The fraction of sp³-hybridized carbons (Fsp3) is 0.875. The van der Waals surface area contributed by atoms with Crippen LogP contribution in [-0.2, 0) is 14.3 Å². The monoisotopic (exact) mass is 601 g/mol. The lowest BCUT2D eigenvalue weighted by Crippen LogP contribution is -2.77. The van der Waals surface area contributed by atoms with E-state index in [0.717, 1.165) is 58.4 Å². The molecular weight excluding hydrogens is 549 g/mol. The van der Waals surface area contributed by atoms with Crippen molar-refractivity contribution in [1.29, 1.82) is 0 Å². The summed E-state index contributed by atoms with van der Waals surface area (Å²) in [5.74, 6) is -0.240. The highest BCUT2D eigenvalue weighted by Crippen LogP contribution is 2.50. The minimum absolute atomic E-state index is 0.00528. The quantitative estimate of drug-likeness (QED) is 0.292. The number of likely N-dealkylation sites (tertiary alicyclic amines) is 1. The van der Waals surface area contributed by atoms with Crippen molar-refractivity contribution in [2.75, 3.05) is 59.4 Å². The molecule has 4 aliphatic heterocycles. The maximum Gasteiger partial charge on any atom is 0.256 e. The summed E-state index contributed by atoms with van der Waals surface area (Å²) in [6.07, 6.45) is 8.43. The van der Waals surface area contributed by atoms with Gasteiger partial charge in [0, 0.05) is 64.1 Å². The van der Waals surface area contributed by atoms with Gasteiger partial charge >= 0.3 is 0 Å². The Morgan fingerprint density at radius 1 is 1.05 bits per heavy atom. The van der Waals surface area contributed by atoms with Crippen LogP contribution in [0, 0.1) is 17.8 Å². The van der Waals surface area contributed by atoms with Crippen LogP contribution < -0.4 is 16.8 Å². The standard InChI is InChI=1S/C32H52FN7O3/c1-37-11-13-38(14-12-37)9-4-8-36-32(42)22-18-40-23-15-19-5-2-3-6-20(19)16-24(23)43-31-28(40)25(30(22)41)27(35)26(33)29(31)39-10-7-21(34)17-39/h18-21,23-29,31H,2-17,34-35H2,1H3,(H,36,42). The van der Waals surface area contributed by atoms with E-state index in [-0.39, 0.29) is 41.5 Å². The van der Waals surface area contributed by atoms with E-state index in [1.807, 2.05) is 6.20 Å². The topological polar surface area (TPSA) is 120 Å². The van der Waals surface area contributed by atoms with Crippen LogP contribution in [0.15, 0.2) is 11.8 Å². The molecule has 7 rings (SSSR count). The van der Waals surface area contributed by atoms with Crippen molar-refractivity contribution < 1.29 is 18.7 Å². The third-order valence-corrected chi connectivity index (χ3v) is 12.1. The summed E-state index contributed by atoms with van der Waals surface area (Å²) in [7, 11) is 2.14. The normalized spacial score (nSPS) is 43.9. The summed E-state index contributed by atoms with van der Waals surface area (Å²) in [4.78, 5) is 36.8. The van der Waals surface area contributed by atoms with Crippen LogP contribution >= 0.6 is 0 Å². The first-order valence-corrected chi connectivity index (χ1v) is 17.1. The number of nitrogens with one attached hydrogen (secondary N) is 1. The van der Waals surface area contributed by atoms with E-state index >= 15 is 4.39 Å². The zero-order chi connectivity index (χ0) is 29.8. The number of hydrogen-bond acceptors (Lipinski definition) is 9. The van der Waals surface area contributed by atoms with E-state index in [0.29, 0.717) is 31.5 Å². The van der Waals surface area contributed by atoms with Gasteiger partial charge < -0.3 is 36.2 Å². The van der Waals surface area contributed by atoms with Crippen LogP contribution in [-0.4, -0.2) is 139 Å². The Bertz CT molecular complexity index is 1090. The van der Waals surface area contributed by atoms with E-state index in [4.69, 9.17) is 16.2 Å². The molecule has 11 unspecified atom stereocenters. The first-order chi connectivity index (χ1) is 20.8. The van der Waals surface area contributed by atoms with E-state index in [1.165, 1.54) is 25.7 Å². The van der Waals surface area contributed by atoms with Crippen molar-refractivity contribution >= 4 is 11.7 Å². The Morgan fingerprint density at radius 2 is 1.79 bits per heavy atom. The second-order valence-electron chi connectivity index (χ2n) is 14.7. The number of alkyl halides is 1. The molecule has 6 fully saturated rings. The fourth-order valence-electron chi connectivity index (χ4n) is 9.70. The number of hydrogen-bond donors (Lipinski definition) is 3. The first kappa shape index (κ1) is 30.0. The SMILES string of the molecule is CN1CCN(CCCNC(=O)C2=CN3C4CC5CCCCC5CC4OC4C(N5CCC(N)C5)C(F)C(N)C(C2=O)C43)CC1. The molecule has 0 radical (unpaired) electrons. The Kier molecular flexibility index (Phi) is 8.58. The lowest BCUT2D eigenvalue weighted by atomic mass is 9.64. The summed E-state index contributed by atoms with van der Waals surface area (Å²) < 4.78 is 23.4. The Labute approximate surface area is 255 Å². The first-order valence-electron chi connectivity index (χ1n) is 17.1. The summed E-state index contributed by atoms with van der Waals surface area (Å²) in [5, 5.41) is 3.02. The van der Waals surface area contributed by atoms with Gasteiger partial charge in [0.25, 0.3) is 5.91 Å². The highest BCUT2D eigenvalue weighted by molar-refractivity contribution is 6.20. The second-order valence-corrected chi connectivity index (χ2v) is 14.7. The molecule has 3 saturated heterocycles. The molecule has 10 nitrogen and oxygen atoms in total. The van der Waals surface area contributed by atoms with E-state index in [9.17, 15) is 9.59 Å². The van der Waals surface area contributed by atoms with Crippen molar-refractivity contribution in [2.24, 2.45) is 29.2 Å². The predicted octanol–water partition coefficient (Wildman–Crippen LogP) is 0.310. The Morgan fingerprint density at radius 3 is 2.51 bits per heavy atom. The molecule has 3 saturated carbocycles. The lowest BCUT2D eigenvalue weighted by Gasteiger charge is -2.62. The summed E-state index contributed by atoms with van der Waals surface area (Å²) in [6.45, 7) is 6.92. The molecule has 5 N–H and O–H groups in total. The summed E-state index contributed by atoms with van der Waals surface area (Å²) >= 11 is 0. The highest BCUT2D eigenvalue weighted by Gasteiger charge is 2.63. The summed E-state index contributed by atoms with van der Waals surface area (Å²) in [5.41, 5.74) is 13.1. The maximum atomic E-state index is 16.4. The number of rotatable bonds is 6. The van der Waals surface area contributed by atoms with Crippen molar-refractivity contribution in [1.82, 2.24) is 24.9 Å². The number of nitrogens with zero attached hydrogens (tertiary/aromatic N) is 4. The summed E-state index contributed by atoms with van der Waals surface area (Å²) in [6, 6.07) is -1.83. The van der Waals surface area contributed by atoms with Gasteiger partial charge in [-0.3, -0.25) is 14.5 Å². The molecule has 0 spiro atoms. The van der Waals surface area contributed by atoms with E-state index in [1.54, 1.807) is 0 Å². The maximum absolute atomic E-state index is 16.4. The minimum Gasteiger partial charge on any atom is -0.369 e. The molecule has 4 heterocycles. The minimum atomic E-state index is -1.43. The van der Waals surface area contributed by atoms with Crippen LogP contribution in [0.1, 0.15) is 51.4 Å². The van der Waals surface area contributed by atoms with Crippen LogP contribution in [0.3, 0.4) is 0 Å². The second kappa shape index (κ2) is 12.3. The molecule has 11 heteroatoms. The number of amides is 1. The predicted molar refractivity (Wildman–Crippen MR) is 162 cm³/mol. The van der Waals surface area contributed by atoms with Crippen molar-refractivity contribution in [3.63, 3.8) is 0 Å². The number of carbonyl (C=O) groups is 2. The fourth-order valence-corrected chi connectivity index (χ4v) is 9.70. The van der Waals surface area contributed by atoms with Crippen LogP contribution in [0.4, 0.5) is 4.39 Å². The number of ether oxygens (including phenoxy) is 1. The van der Waals surface area contributed by atoms with Crippen LogP contribution in [0.25, 0.3) is 0 Å². The zero-order valence-corrected chi connectivity index (χ0v) is 25.8. The van der Waals surface area contributed by atoms with E-state index < -0.39 is 30.3 Å². The van der Waals surface area contributed by atoms with Gasteiger partial charge in [0.05, 0.1) is 41.8 Å². The Balaban J connectivity index is 1.13. The lowest BCUT2D eigenvalue weighted by molar-refractivity contribution is -0.222. The van der Waals surface area contributed by atoms with Gasteiger partial charge in [-0.2, -0.15) is 0 Å². The number of ketones is 1. The molecule has 43 heavy (non-hydrogen) atoms. The van der Waals surface area contributed by atoms with Gasteiger partial charge in [-0.25, -0.2) is 4.39 Å². The highest BCUT2D eigenvalue weighted by atomic mass is 19.1. The third-order valence-electron chi connectivity index (χ3n) is 12.1. The third kappa shape index (κ3) is 5.56. The largest absolute Gasteiger partial charge is 0.369 e. The van der Waals surface area contributed by atoms with Gasteiger partial charge in [0.15, 0.2) is 5.78 Å². The van der Waals surface area contributed by atoms with Gasteiger partial charge in [0.1, 0.15) is 6.17 Å². The smallest absolute Gasteiger partial charge is 0.256 e. The average molecular weight is 602 g/mol. The van der Waals surface area contributed by atoms with Crippen molar-refractivity contribution in [3.8, 4) is 0 Å². The molecular formula is C32H52FN7O3. The number of Topliss-reactive ketones (excluding diaryl/α,β-unsaturated/α-hetero) is 1. The molecule has 1 amide bonds. The van der Waals surface area contributed by atoms with Crippen LogP contribution in [0.2, 0.25) is 0 Å². The number of fused-ring (bicyclic) bond motifs is 3. The van der Waals surface area contributed by atoms with Crippen molar-refractivity contribution in [3.05, 3.63) is 11.8 Å². The number of halogens is 1. The Hall–Kier alpha value is -1.63. The molecule has 7 aliphatic rings. The molecule has 240 valence electrons. The average Bonchev–Trinajstić information content (AvgIpc) is 3.43. The van der Waals surface area contributed by atoms with Crippen molar-refractivity contribution in [2.45, 2.75) is 100.0 Å². The molecule has 11 atom stereocenters. The van der Waals surface area contributed by atoms with E-state index in [2.05, 4.69) is 32.0 Å². The number of carbonyl (C=O) groups excluding carboxylic acids is 2. The molecule has 0 bridgehead atoms. The number of morpholine rings is 1.